The molecular weight excluding hydrogens is 492 g/mol. The number of ether oxygens (including phenoxy) is 1. The van der Waals surface area contributed by atoms with Gasteiger partial charge in [0.2, 0.25) is 0 Å². The van der Waals surface area contributed by atoms with Gasteiger partial charge in [-0.25, -0.2) is 4.79 Å². The first kappa shape index (κ1) is 23.2. The van der Waals surface area contributed by atoms with Crippen LogP contribution < -0.4 is 10.1 Å². The molecule has 0 saturated heterocycles. The number of hydrogen-bond donors (Lipinski definition) is 1. The maximum absolute atomic E-state index is 14.0. The van der Waals surface area contributed by atoms with Crippen molar-refractivity contribution in [1.29, 1.82) is 0 Å². The standard InChI is InChI=1S/C28H27ClN4O2S/c1-31-15-13-20-21-16-33(28(34)30-23-7-4-3-6-22(23)29)26(18-9-11-19(35-2)12-10-18)24-8-5-14-32(24)27(21)36-25(20)17-31/h3-12,14,26H,13,15-17H2,1-2H3,(H,30,34)/t26-/m1/s1. The number of halogens is 1. The third-order valence-corrected chi connectivity index (χ3v) is 8.65. The van der Waals surface area contributed by atoms with E-state index in [0.717, 1.165) is 36.5 Å². The third-order valence-electron chi connectivity index (χ3n) is 7.06. The summed E-state index contributed by atoms with van der Waals surface area (Å²) in [5.74, 6) is 0.784. The molecular formula is C28H27ClN4O2S. The van der Waals surface area contributed by atoms with E-state index in [9.17, 15) is 4.79 Å². The number of thiophene rings is 1. The first-order valence-electron chi connectivity index (χ1n) is 12.0. The lowest BCUT2D eigenvalue weighted by Gasteiger charge is -2.32. The molecule has 0 bridgehead atoms. The molecule has 184 valence electrons. The number of rotatable bonds is 3. The number of carbonyl (C=O) groups excluding carboxylic acids is 1. The number of fused-ring (bicyclic) bond motifs is 5. The van der Waals surface area contributed by atoms with Gasteiger partial charge in [0.1, 0.15) is 10.8 Å². The summed E-state index contributed by atoms with van der Waals surface area (Å²) < 4.78 is 7.67. The minimum Gasteiger partial charge on any atom is -0.497 e. The molecule has 2 amide bonds. The van der Waals surface area contributed by atoms with Gasteiger partial charge in [-0.3, -0.25) is 0 Å². The van der Waals surface area contributed by atoms with E-state index in [0.29, 0.717) is 17.3 Å². The molecule has 6 nitrogen and oxygen atoms in total. The van der Waals surface area contributed by atoms with Crippen LogP contribution in [0.5, 0.6) is 5.75 Å². The average Bonchev–Trinajstić information content (AvgIpc) is 3.47. The topological polar surface area (TPSA) is 49.7 Å². The van der Waals surface area contributed by atoms with Crippen LogP contribution >= 0.6 is 22.9 Å². The van der Waals surface area contributed by atoms with Gasteiger partial charge in [-0.15, -0.1) is 11.3 Å². The molecule has 0 unspecified atom stereocenters. The third kappa shape index (κ3) is 3.97. The number of para-hydroxylation sites is 1. The molecule has 2 aliphatic rings. The van der Waals surface area contributed by atoms with Gasteiger partial charge in [-0.2, -0.15) is 0 Å². The minimum atomic E-state index is -0.282. The number of aromatic nitrogens is 1. The number of urea groups is 1. The van der Waals surface area contributed by atoms with Crippen LogP contribution in [-0.4, -0.2) is 41.1 Å². The minimum absolute atomic E-state index is 0.183. The summed E-state index contributed by atoms with van der Waals surface area (Å²) >= 11 is 8.26. The Hall–Kier alpha value is -3.26. The quantitative estimate of drug-likeness (QED) is 0.345. The van der Waals surface area contributed by atoms with Crippen LogP contribution in [0.25, 0.3) is 5.00 Å². The predicted octanol–water partition coefficient (Wildman–Crippen LogP) is 6.33. The van der Waals surface area contributed by atoms with Gasteiger partial charge in [0.05, 0.1) is 36.1 Å². The fourth-order valence-corrected chi connectivity index (χ4v) is 6.86. The summed E-state index contributed by atoms with van der Waals surface area (Å²) in [5.41, 5.74) is 5.31. The zero-order valence-electron chi connectivity index (χ0n) is 20.2. The Morgan fingerprint density at radius 2 is 1.86 bits per heavy atom. The number of nitrogens with zero attached hydrogens (tertiary/aromatic N) is 3. The van der Waals surface area contributed by atoms with Crippen LogP contribution in [0.3, 0.4) is 0 Å². The zero-order chi connectivity index (χ0) is 24.8. The summed E-state index contributed by atoms with van der Waals surface area (Å²) in [6.07, 6.45) is 3.10. The Bertz CT molecular complexity index is 1430. The van der Waals surface area contributed by atoms with E-state index >= 15 is 0 Å². The van der Waals surface area contributed by atoms with Crippen molar-refractivity contribution in [3.63, 3.8) is 0 Å². The zero-order valence-corrected chi connectivity index (χ0v) is 21.8. The van der Waals surface area contributed by atoms with Crippen LogP contribution in [0.2, 0.25) is 5.02 Å². The highest BCUT2D eigenvalue weighted by molar-refractivity contribution is 7.15. The molecule has 0 saturated carbocycles. The smallest absolute Gasteiger partial charge is 0.323 e. The van der Waals surface area contributed by atoms with Crippen molar-refractivity contribution in [3.8, 4) is 10.8 Å². The Morgan fingerprint density at radius 3 is 2.64 bits per heavy atom. The molecule has 36 heavy (non-hydrogen) atoms. The average molecular weight is 519 g/mol. The molecule has 4 heterocycles. The lowest BCUT2D eigenvalue weighted by atomic mass is 10.00. The van der Waals surface area contributed by atoms with E-state index in [1.54, 1.807) is 13.2 Å². The van der Waals surface area contributed by atoms with Gasteiger partial charge in [-0.1, -0.05) is 35.9 Å². The van der Waals surface area contributed by atoms with Crippen molar-refractivity contribution >= 4 is 34.7 Å². The number of methoxy groups -OCH3 is 1. The van der Waals surface area contributed by atoms with Crippen molar-refractivity contribution in [2.45, 2.75) is 25.6 Å². The number of hydrogen-bond acceptors (Lipinski definition) is 4. The number of nitrogens with one attached hydrogen (secondary N) is 1. The van der Waals surface area contributed by atoms with Gasteiger partial charge >= 0.3 is 6.03 Å². The summed E-state index contributed by atoms with van der Waals surface area (Å²) in [6, 6.07) is 19.1. The van der Waals surface area contributed by atoms with Gasteiger partial charge in [0.25, 0.3) is 0 Å². The molecule has 2 aromatic carbocycles. The molecule has 0 fully saturated rings. The normalized spacial score (nSPS) is 17.1. The van der Waals surface area contributed by atoms with Gasteiger partial charge in [0, 0.05) is 29.7 Å². The summed E-state index contributed by atoms with van der Waals surface area (Å²) in [4.78, 5) is 19.7. The van der Waals surface area contributed by atoms with Crippen molar-refractivity contribution in [2.24, 2.45) is 0 Å². The van der Waals surface area contributed by atoms with Crippen LogP contribution in [0, 0.1) is 0 Å². The lowest BCUT2D eigenvalue weighted by Crippen LogP contribution is -2.38. The molecule has 2 aromatic heterocycles. The molecule has 2 aliphatic heterocycles. The van der Waals surface area contributed by atoms with Crippen LogP contribution in [0.1, 0.15) is 33.3 Å². The van der Waals surface area contributed by atoms with E-state index in [1.807, 2.05) is 58.7 Å². The number of anilines is 1. The molecule has 4 aromatic rings. The molecule has 8 heteroatoms. The number of amides is 2. The van der Waals surface area contributed by atoms with Crippen molar-refractivity contribution in [1.82, 2.24) is 14.4 Å². The van der Waals surface area contributed by atoms with E-state index in [1.165, 1.54) is 21.0 Å². The monoisotopic (exact) mass is 518 g/mol. The first-order chi connectivity index (χ1) is 17.5. The molecule has 0 radical (unpaired) electrons. The van der Waals surface area contributed by atoms with Gasteiger partial charge in [0.15, 0.2) is 0 Å². The summed E-state index contributed by atoms with van der Waals surface area (Å²) in [6.45, 7) is 2.47. The second kappa shape index (κ2) is 9.32. The molecule has 0 aliphatic carbocycles. The Labute approximate surface area is 219 Å². The van der Waals surface area contributed by atoms with Gasteiger partial charge < -0.3 is 24.4 Å². The van der Waals surface area contributed by atoms with Gasteiger partial charge in [-0.05, 0) is 61.0 Å². The van der Waals surface area contributed by atoms with Crippen LogP contribution in [-0.2, 0) is 19.5 Å². The van der Waals surface area contributed by atoms with Crippen molar-refractivity contribution < 1.29 is 9.53 Å². The maximum Gasteiger partial charge on any atom is 0.323 e. The number of benzene rings is 2. The van der Waals surface area contributed by atoms with E-state index < -0.39 is 0 Å². The molecule has 0 spiro atoms. The van der Waals surface area contributed by atoms with E-state index in [4.69, 9.17) is 16.3 Å². The maximum atomic E-state index is 14.0. The van der Waals surface area contributed by atoms with Crippen molar-refractivity contribution in [2.75, 3.05) is 26.0 Å². The highest BCUT2D eigenvalue weighted by Crippen LogP contribution is 2.43. The largest absolute Gasteiger partial charge is 0.497 e. The Balaban J connectivity index is 1.49. The highest BCUT2D eigenvalue weighted by Gasteiger charge is 2.36. The van der Waals surface area contributed by atoms with E-state index in [2.05, 4.69) is 40.2 Å². The highest BCUT2D eigenvalue weighted by atomic mass is 35.5. The summed E-state index contributed by atoms with van der Waals surface area (Å²) in [5, 5.41) is 4.80. The second-order valence-electron chi connectivity index (χ2n) is 9.29. The molecule has 1 atom stereocenters. The first-order valence-corrected chi connectivity index (χ1v) is 13.2. The summed E-state index contributed by atoms with van der Waals surface area (Å²) in [7, 11) is 3.83. The Kier molecular flexibility index (Phi) is 5.99. The van der Waals surface area contributed by atoms with Crippen molar-refractivity contribution in [3.05, 3.63) is 99.1 Å². The predicted molar refractivity (Wildman–Crippen MR) is 145 cm³/mol. The fraction of sp³-hybridized carbons (Fsp3) is 0.250. The number of carbonyl (C=O) groups is 1. The molecule has 1 N–H and O–H groups in total. The fourth-order valence-electron chi connectivity index (χ4n) is 5.24. The van der Waals surface area contributed by atoms with E-state index in [-0.39, 0.29) is 12.1 Å². The second-order valence-corrected chi connectivity index (χ2v) is 10.8. The van der Waals surface area contributed by atoms with Crippen LogP contribution in [0.15, 0.2) is 66.9 Å². The SMILES string of the molecule is COc1ccc([C@@H]2c3cccn3-c3sc4c(c3CN2C(=O)Nc2ccccc2Cl)CCN(C)C4)cc1. The lowest BCUT2D eigenvalue weighted by molar-refractivity contribution is 0.194. The number of likely N-dealkylation sites (N-methyl/N-ethyl adjacent to an activating group) is 1. The molecule has 6 rings (SSSR count). The van der Waals surface area contributed by atoms with Crippen LogP contribution in [0.4, 0.5) is 10.5 Å². The Morgan fingerprint density at radius 1 is 1.06 bits per heavy atom.